The number of aromatic amines is 1. The quantitative estimate of drug-likeness (QED) is 0.734. The van der Waals surface area contributed by atoms with E-state index >= 15 is 0 Å². The van der Waals surface area contributed by atoms with Crippen molar-refractivity contribution in [2.45, 2.75) is 0 Å². The van der Waals surface area contributed by atoms with Crippen LogP contribution in [0.4, 0.5) is 5.69 Å². The third-order valence-corrected chi connectivity index (χ3v) is 3.03. The first-order chi connectivity index (χ1) is 7.45. The summed E-state index contributed by atoms with van der Waals surface area (Å²) in [5.74, 6) is 0. The summed E-state index contributed by atoms with van der Waals surface area (Å²) in [5.41, 5.74) is 2.57. The highest BCUT2D eigenvalue weighted by molar-refractivity contribution is 5.92. The summed E-state index contributed by atoms with van der Waals surface area (Å²) >= 11 is 0. The van der Waals surface area contributed by atoms with E-state index in [-0.39, 0.29) is 0 Å². The van der Waals surface area contributed by atoms with Crippen molar-refractivity contribution >= 4 is 16.6 Å². The van der Waals surface area contributed by atoms with Crippen molar-refractivity contribution in [3.8, 4) is 0 Å². The van der Waals surface area contributed by atoms with E-state index in [0.717, 1.165) is 26.2 Å². The van der Waals surface area contributed by atoms with Crippen LogP contribution in [-0.4, -0.2) is 31.2 Å². The van der Waals surface area contributed by atoms with Gasteiger partial charge in [-0.3, -0.25) is 0 Å². The molecule has 15 heavy (non-hydrogen) atoms. The average molecular weight is 201 g/mol. The fourth-order valence-electron chi connectivity index (χ4n) is 2.22. The predicted octanol–water partition coefficient (Wildman–Crippen LogP) is 1.58. The average Bonchev–Trinajstić information content (AvgIpc) is 2.74. The number of benzene rings is 1. The molecule has 2 aromatic rings. The molecule has 1 aromatic carbocycles. The number of piperazine rings is 1. The largest absolute Gasteiger partial charge is 0.367 e. The molecule has 0 spiro atoms. The van der Waals surface area contributed by atoms with Crippen LogP contribution in [0.15, 0.2) is 30.5 Å². The van der Waals surface area contributed by atoms with E-state index in [1.54, 1.807) is 0 Å². The molecule has 0 aliphatic carbocycles. The third-order valence-electron chi connectivity index (χ3n) is 3.03. The van der Waals surface area contributed by atoms with Crippen molar-refractivity contribution in [3.63, 3.8) is 0 Å². The molecule has 2 N–H and O–H groups in total. The van der Waals surface area contributed by atoms with E-state index in [0.29, 0.717) is 0 Å². The lowest BCUT2D eigenvalue weighted by Crippen LogP contribution is -2.43. The van der Waals surface area contributed by atoms with Crippen molar-refractivity contribution in [3.05, 3.63) is 30.5 Å². The van der Waals surface area contributed by atoms with Gasteiger partial charge in [-0.15, -0.1) is 0 Å². The van der Waals surface area contributed by atoms with E-state index in [2.05, 4.69) is 45.7 Å². The van der Waals surface area contributed by atoms with E-state index < -0.39 is 0 Å². The lowest BCUT2D eigenvalue weighted by atomic mass is 10.2. The maximum atomic E-state index is 3.37. The Labute approximate surface area is 89.1 Å². The molecule has 3 heteroatoms. The summed E-state index contributed by atoms with van der Waals surface area (Å²) in [5, 5.41) is 4.71. The molecule has 1 aliphatic rings. The summed E-state index contributed by atoms with van der Waals surface area (Å²) in [6, 6.07) is 8.48. The first-order valence-electron chi connectivity index (χ1n) is 5.47. The minimum absolute atomic E-state index is 1.08. The van der Waals surface area contributed by atoms with E-state index in [9.17, 15) is 0 Å². The van der Waals surface area contributed by atoms with Crippen molar-refractivity contribution < 1.29 is 0 Å². The van der Waals surface area contributed by atoms with Crippen molar-refractivity contribution in [2.75, 3.05) is 31.1 Å². The molecule has 0 atom stereocenters. The maximum absolute atomic E-state index is 3.37. The number of nitrogens with one attached hydrogen (secondary N) is 2. The van der Waals surface area contributed by atoms with Crippen LogP contribution >= 0.6 is 0 Å². The number of fused-ring (bicyclic) bond motifs is 1. The Balaban J connectivity index is 2.02. The molecule has 1 aliphatic heterocycles. The zero-order valence-electron chi connectivity index (χ0n) is 8.66. The molecule has 2 heterocycles. The number of aromatic nitrogens is 1. The molecule has 3 rings (SSSR count). The van der Waals surface area contributed by atoms with Crippen LogP contribution in [0.25, 0.3) is 10.9 Å². The van der Waals surface area contributed by atoms with Gasteiger partial charge in [-0.2, -0.15) is 0 Å². The van der Waals surface area contributed by atoms with Crippen LogP contribution in [0.3, 0.4) is 0 Å². The second-order valence-corrected chi connectivity index (χ2v) is 3.96. The summed E-state index contributed by atoms with van der Waals surface area (Å²) in [6.07, 6.45) is 2.12. The summed E-state index contributed by atoms with van der Waals surface area (Å²) in [7, 11) is 0. The van der Waals surface area contributed by atoms with Crippen molar-refractivity contribution in [1.82, 2.24) is 10.3 Å². The van der Waals surface area contributed by atoms with Crippen LogP contribution in [0.5, 0.6) is 0 Å². The molecule has 0 radical (unpaired) electrons. The Hall–Kier alpha value is -1.48. The molecule has 0 bridgehead atoms. The lowest BCUT2D eigenvalue weighted by Gasteiger charge is -2.28. The minimum Gasteiger partial charge on any atom is -0.367 e. The van der Waals surface area contributed by atoms with E-state index in [1.165, 1.54) is 16.6 Å². The number of rotatable bonds is 1. The van der Waals surface area contributed by atoms with Crippen LogP contribution in [0.1, 0.15) is 0 Å². The molecule has 0 unspecified atom stereocenters. The van der Waals surface area contributed by atoms with E-state index in [1.807, 2.05) is 0 Å². The monoisotopic (exact) mass is 201 g/mol. The lowest BCUT2D eigenvalue weighted by molar-refractivity contribution is 0.590. The van der Waals surface area contributed by atoms with Crippen LogP contribution in [-0.2, 0) is 0 Å². The highest BCUT2D eigenvalue weighted by Crippen LogP contribution is 2.26. The number of H-pyrrole nitrogens is 1. The predicted molar refractivity (Wildman–Crippen MR) is 63.4 cm³/mol. The normalized spacial score (nSPS) is 17.2. The topological polar surface area (TPSA) is 31.1 Å². The third kappa shape index (κ3) is 1.49. The Morgan fingerprint density at radius 1 is 1.07 bits per heavy atom. The maximum Gasteiger partial charge on any atom is 0.0624 e. The molecule has 0 saturated carbocycles. The Kier molecular flexibility index (Phi) is 2.10. The first kappa shape index (κ1) is 8.80. The van der Waals surface area contributed by atoms with Gasteiger partial charge in [0.05, 0.1) is 5.69 Å². The minimum atomic E-state index is 1.08. The number of hydrogen-bond donors (Lipinski definition) is 2. The SMILES string of the molecule is c1ccc2c(N3CCNCC3)c[nH]c2c1. The van der Waals surface area contributed by atoms with Gasteiger partial charge in [-0.1, -0.05) is 18.2 Å². The van der Waals surface area contributed by atoms with Crippen molar-refractivity contribution in [1.29, 1.82) is 0 Å². The standard InChI is InChI=1S/C12H15N3/c1-2-4-11-10(3-1)12(9-14-11)15-7-5-13-6-8-15/h1-4,9,13-14H,5-8H2. The van der Waals surface area contributed by atoms with Gasteiger partial charge in [0.15, 0.2) is 0 Å². The first-order valence-corrected chi connectivity index (χ1v) is 5.47. The van der Waals surface area contributed by atoms with E-state index in [4.69, 9.17) is 0 Å². The zero-order chi connectivity index (χ0) is 10.1. The molecule has 3 nitrogen and oxygen atoms in total. The summed E-state index contributed by atoms with van der Waals surface area (Å²) in [6.45, 7) is 4.36. The van der Waals surface area contributed by atoms with Crippen molar-refractivity contribution in [2.24, 2.45) is 0 Å². The second kappa shape index (κ2) is 3.59. The molecular formula is C12H15N3. The van der Waals surface area contributed by atoms with Gasteiger partial charge in [0.25, 0.3) is 0 Å². The molecule has 0 amide bonds. The Morgan fingerprint density at radius 2 is 1.87 bits per heavy atom. The highest BCUT2D eigenvalue weighted by Gasteiger charge is 2.13. The van der Waals surface area contributed by atoms with Gasteiger partial charge >= 0.3 is 0 Å². The van der Waals surface area contributed by atoms with Gasteiger partial charge in [0.2, 0.25) is 0 Å². The number of para-hydroxylation sites is 1. The van der Waals surface area contributed by atoms with Gasteiger partial charge in [0.1, 0.15) is 0 Å². The summed E-state index contributed by atoms with van der Waals surface area (Å²) < 4.78 is 0. The number of hydrogen-bond acceptors (Lipinski definition) is 2. The van der Waals surface area contributed by atoms with Crippen LogP contribution < -0.4 is 10.2 Å². The second-order valence-electron chi connectivity index (χ2n) is 3.96. The van der Waals surface area contributed by atoms with Gasteiger partial charge < -0.3 is 15.2 Å². The number of anilines is 1. The Bertz CT molecular complexity index is 455. The smallest absolute Gasteiger partial charge is 0.0624 e. The van der Waals surface area contributed by atoms with Crippen LogP contribution in [0.2, 0.25) is 0 Å². The highest BCUT2D eigenvalue weighted by atomic mass is 15.2. The fourth-order valence-corrected chi connectivity index (χ4v) is 2.22. The Morgan fingerprint density at radius 3 is 2.73 bits per heavy atom. The molecular weight excluding hydrogens is 186 g/mol. The zero-order valence-corrected chi connectivity index (χ0v) is 8.66. The molecule has 1 aromatic heterocycles. The van der Waals surface area contributed by atoms with Crippen LogP contribution in [0, 0.1) is 0 Å². The molecule has 1 fully saturated rings. The van der Waals surface area contributed by atoms with Gasteiger partial charge in [-0.05, 0) is 6.07 Å². The molecule has 1 saturated heterocycles. The summed E-state index contributed by atoms with van der Waals surface area (Å²) in [4.78, 5) is 5.76. The molecule has 78 valence electrons. The fraction of sp³-hybridized carbons (Fsp3) is 0.333. The van der Waals surface area contributed by atoms with Gasteiger partial charge in [0, 0.05) is 43.3 Å². The number of nitrogens with zero attached hydrogens (tertiary/aromatic N) is 1. The van der Waals surface area contributed by atoms with Gasteiger partial charge in [-0.25, -0.2) is 0 Å².